The number of non-ortho nitro benzene ring substituents is 1. The number of hydrogen-bond donors (Lipinski definition) is 1. The Morgan fingerprint density at radius 2 is 2.37 bits per heavy atom. The van der Waals surface area contributed by atoms with E-state index in [0.717, 1.165) is 0 Å². The van der Waals surface area contributed by atoms with Crippen LogP contribution in [0.15, 0.2) is 36.7 Å². The maximum atomic E-state index is 10.6. The third-order valence-electron chi connectivity index (χ3n) is 2.55. The van der Waals surface area contributed by atoms with Gasteiger partial charge in [-0.25, -0.2) is 0 Å². The molecule has 2 aromatic rings. The predicted molar refractivity (Wildman–Crippen MR) is 68.5 cm³/mol. The van der Waals surface area contributed by atoms with Gasteiger partial charge in [-0.1, -0.05) is 0 Å². The van der Waals surface area contributed by atoms with Crippen molar-refractivity contribution in [3.8, 4) is 6.07 Å². The number of nitrogens with one attached hydrogen (secondary N) is 1. The number of anilines is 1. The average molecular weight is 257 g/mol. The van der Waals surface area contributed by atoms with Gasteiger partial charge in [0.15, 0.2) is 0 Å². The van der Waals surface area contributed by atoms with Crippen LogP contribution in [0, 0.1) is 21.4 Å². The van der Waals surface area contributed by atoms with E-state index < -0.39 is 4.92 Å². The molecule has 0 aliphatic carbocycles. The third kappa shape index (κ3) is 3.07. The van der Waals surface area contributed by atoms with E-state index >= 15 is 0 Å². The molecule has 2 rings (SSSR count). The molecule has 96 valence electrons. The highest BCUT2D eigenvalue weighted by Gasteiger charge is 2.10. The van der Waals surface area contributed by atoms with Crippen LogP contribution >= 0.6 is 0 Å². The van der Waals surface area contributed by atoms with Crippen LogP contribution in [0.1, 0.15) is 5.56 Å². The Labute approximate surface area is 109 Å². The van der Waals surface area contributed by atoms with Gasteiger partial charge in [-0.3, -0.25) is 14.8 Å². The van der Waals surface area contributed by atoms with Gasteiger partial charge in [0.05, 0.1) is 22.7 Å². The zero-order valence-electron chi connectivity index (χ0n) is 9.98. The number of nitro groups is 1. The highest BCUT2D eigenvalue weighted by molar-refractivity contribution is 5.61. The molecule has 1 heterocycles. The Morgan fingerprint density at radius 1 is 1.53 bits per heavy atom. The van der Waals surface area contributed by atoms with Crippen LogP contribution in [0.3, 0.4) is 0 Å². The summed E-state index contributed by atoms with van der Waals surface area (Å²) in [6.07, 6.45) is 3.52. The molecule has 1 aromatic carbocycles. The van der Waals surface area contributed by atoms with Gasteiger partial charge in [0, 0.05) is 31.1 Å². The Hall–Kier alpha value is -2.88. The third-order valence-corrected chi connectivity index (χ3v) is 2.55. The molecule has 0 fully saturated rings. The van der Waals surface area contributed by atoms with Gasteiger partial charge in [-0.05, 0) is 12.1 Å². The van der Waals surface area contributed by atoms with Crippen molar-refractivity contribution in [2.45, 2.75) is 6.54 Å². The minimum absolute atomic E-state index is 0.0887. The van der Waals surface area contributed by atoms with Crippen LogP contribution in [0.2, 0.25) is 0 Å². The lowest BCUT2D eigenvalue weighted by Crippen LogP contribution is -2.11. The second-order valence-corrected chi connectivity index (χ2v) is 3.79. The number of nitro benzene ring substituents is 1. The fourth-order valence-electron chi connectivity index (χ4n) is 1.63. The largest absolute Gasteiger partial charge is 0.382 e. The molecule has 0 saturated heterocycles. The average Bonchev–Trinajstić information content (AvgIpc) is 2.92. The quantitative estimate of drug-likeness (QED) is 0.650. The minimum atomic E-state index is -0.519. The molecule has 0 radical (unpaired) electrons. The zero-order chi connectivity index (χ0) is 13.7. The number of nitriles is 1. The van der Waals surface area contributed by atoms with E-state index in [4.69, 9.17) is 5.26 Å². The predicted octanol–water partition coefficient (Wildman–Crippen LogP) is 1.78. The van der Waals surface area contributed by atoms with Crippen molar-refractivity contribution in [1.29, 1.82) is 5.26 Å². The summed E-state index contributed by atoms with van der Waals surface area (Å²) in [6, 6.07) is 7.94. The van der Waals surface area contributed by atoms with Crippen molar-refractivity contribution in [3.05, 3.63) is 52.3 Å². The second kappa shape index (κ2) is 5.64. The van der Waals surface area contributed by atoms with Crippen molar-refractivity contribution in [2.24, 2.45) is 0 Å². The molecule has 0 aliphatic rings. The van der Waals surface area contributed by atoms with Crippen LogP contribution in [0.4, 0.5) is 11.4 Å². The minimum Gasteiger partial charge on any atom is -0.382 e. The molecule has 7 nitrogen and oxygen atoms in total. The molecule has 0 saturated carbocycles. The van der Waals surface area contributed by atoms with E-state index in [1.54, 1.807) is 16.9 Å². The van der Waals surface area contributed by atoms with Crippen LogP contribution < -0.4 is 5.32 Å². The Bertz CT molecular complexity index is 616. The summed E-state index contributed by atoms with van der Waals surface area (Å²) in [7, 11) is 0. The van der Waals surface area contributed by atoms with E-state index in [2.05, 4.69) is 10.4 Å². The first-order valence-corrected chi connectivity index (χ1v) is 5.60. The lowest BCUT2D eigenvalue weighted by Gasteiger charge is -2.08. The molecule has 0 atom stereocenters. The van der Waals surface area contributed by atoms with Crippen molar-refractivity contribution in [1.82, 2.24) is 9.78 Å². The van der Waals surface area contributed by atoms with Crippen LogP contribution in [0.5, 0.6) is 0 Å². The molecule has 0 spiro atoms. The SMILES string of the molecule is N#Cc1cc([N+](=O)[O-])ccc1NCCn1cccn1. The van der Waals surface area contributed by atoms with Gasteiger partial charge in [0.25, 0.3) is 5.69 Å². The van der Waals surface area contributed by atoms with Crippen molar-refractivity contribution in [3.63, 3.8) is 0 Å². The molecule has 0 unspecified atom stereocenters. The first-order valence-electron chi connectivity index (χ1n) is 5.60. The fourth-order valence-corrected chi connectivity index (χ4v) is 1.63. The molecule has 19 heavy (non-hydrogen) atoms. The number of rotatable bonds is 5. The first kappa shape index (κ1) is 12.6. The van der Waals surface area contributed by atoms with E-state index in [9.17, 15) is 10.1 Å². The topological polar surface area (TPSA) is 96.8 Å². The molecule has 0 bridgehead atoms. The summed E-state index contributed by atoms with van der Waals surface area (Å²) < 4.78 is 1.75. The highest BCUT2D eigenvalue weighted by atomic mass is 16.6. The number of aromatic nitrogens is 2. The van der Waals surface area contributed by atoms with Crippen LogP contribution in [-0.2, 0) is 6.54 Å². The lowest BCUT2D eigenvalue weighted by atomic mass is 10.1. The Balaban J connectivity index is 2.04. The lowest BCUT2D eigenvalue weighted by molar-refractivity contribution is -0.384. The maximum absolute atomic E-state index is 10.6. The van der Waals surface area contributed by atoms with Crippen LogP contribution in [-0.4, -0.2) is 21.2 Å². The first-order chi connectivity index (χ1) is 9.20. The molecule has 0 amide bonds. The summed E-state index contributed by atoms with van der Waals surface area (Å²) >= 11 is 0. The molecule has 7 heteroatoms. The number of nitrogens with zero attached hydrogens (tertiary/aromatic N) is 4. The molecular weight excluding hydrogens is 246 g/mol. The van der Waals surface area contributed by atoms with Gasteiger partial charge in [0.2, 0.25) is 0 Å². The summed E-state index contributed by atoms with van der Waals surface area (Å²) in [6.45, 7) is 1.23. The van der Waals surface area contributed by atoms with E-state index in [1.165, 1.54) is 12.1 Å². The maximum Gasteiger partial charge on any atom is 0.270 e. The van der Waals surface area contributed by atoms with Crippen LogP contribution in [0.25, 0.3) is 0 Å². The molecule has 1 aromatic heterocycles. The van der Waals surface area contributed by atoms with E-state index in [0.29, 0.717) is 18.8 Å². The van der Waals surface area contributed by atoms with Gasteiger partial charge in [0.1, 0.15) is 6.07 Å². The Kier molecular flexibility index (Phi) is 3.73. The normalized spacial score (nSPS) is 9.84. The summed E-state index contributed by atoms with van der Waals surface area (Å²) in [4.78, 5) is 10.1. The zero-order valence-corrected chi connectivity index (χ0v) is 9.98. The number of hydrogen-bond acceptors (Lipinski definition) is 5. The fraction of sp³-hybridized carbons (Fsp3) is 0.167. The summed E-state index contributed by atoms with van der Waals surface area (Å²) in [5.74, 6) is 0. The second-order valence-electron chi connectivity index (χ2n) is 3.79. The standard InChI is InChI=1S/C12H11N5O2/c13-9-10-8-11(17(18)19)2-3-12(10)14-5-7-16-6-1-4-15-16/h1-4,6,8,14H,5,7H2. The Morgan fingerprint density at radius 3 is 3.00 bits per heavy atom. The van der Waals surface area contributed by atoms with Crippen molar-refractivity contribution < 1.29 is 4.92 Å². The van der Waals surface area contributed by atoms with Gasteiger partial charge >= 0.3 is 0 Å². The molecule has 0 aliphatic heterocycles. The number of benzene rings is 1. The van der Waals surface area contributed by atoms with Gasteiger partial charge in [-0.15, -0.1) is 0 Å². The monoisotopic (exact) mass is 257 g/mol. The van der Waals surface area contributed by atoms with Gasteiger partial charge < -0.3 is 5.32 Å². The van der Waals surface area contributed by atoms with E-state index in [-0.39, 0.29) is 11.3 Å². The van der Waals surface area contributed by atoms with Crippen molar-refractivity contribution >= 4 is 11.4 Å². The smallest absolute Gasteiger partial charge is 0.270 e. The summed E-state index contributed by atoms with van der Waals surface area (Å²) in [5.41, 5.74) is 0.754. The van der Waals surface area contributed by atoms with Gasteiger partial charge in [-0.2, -0.15) is 10.4 Å². The molecule has 1 N–H and O–H groups in total. The van der Waals surface area contributed by atoms with E-state index in [1.807, 2.05) is 18.3 Å². The highest BCUT2D eigenvalue weighted by Crippen LogP contribution is 2.21. The molecular formula is C12H11N5O2. The summed E-state index contributed by atoms with van der Waals surface area (Å²) in [5, 5.41) is 26.7. The van der Waals surface area contributed by atoms with Crippen molar-refractivity contribution in [2.75, 3.05) is 11.9 Å².